The van der Waals surface area contributed by atoms with Gasteiger partial charge in [-0.1, -0.05) is 35.3 Å². The quantitative estimate of drug-likeness (QED) is 0.783. The number of halogens is 1. The van der Waals surface area contributed by atoms with Crippen LogP contribution in [0.5, 0.6) is 5.75 Å². The van der Waals surface area contributed by atoms with E-state index >= 15 is 0 Å². The van der Waals surface area contributed by atoms with E-state index in [0.29, 0.717) is 6.04 Å². The molecule has 0 saturated heterocycles. The lowest BCUT2D eigenvalue weighted by Gasteiger charge is -2.28. The smallest absolute Gasteiger partial charge is 0.120 e. The fraction of sp³-hybridized carbons (Fsp3) is 0.625. The van der Waals surface area contributed by atoms with Gasteiger partial charge < -0.3 is 10.1 Å². The molecule has 2 nitrogen and oxygen atoms in total. The highest BCUT2D eigenvalue weighted by Crippen LogP contribution is 2.26. The summed E-state index contributed by atoms with van der Waals surface area (Å²) in [5.41, 5.74) is 0. The molecule has 0 radical (unpaired) electrons. The zero-order valence-electron chi connectivity index (χ0n) is 11.7. The normalized spacial score (nSPS) is 23.3. The first-order valence-corrected chi connectivity index (χ1v) is 8.19. The minimum Gasteiger partial charge on any atom is -0.492 e. The third-order valence-electron chi connectivity index (χ3n) is 4.02. The molecule has 3 heteroatoms. The SMILES string of the molecule is CCC1CCC(NCCOc2cccc(Br)c2)CC1. The second kappa shape index (κ2) is 7.91. The first kappa shape index (κ1) is 14.9. The van der Waals surface area contributed by atoms with Gasteiger partial charge in [0.25, 0.3) is 0 Å². The van der Waals surface area contributed by atoms with Gasteiger partial charge in [-0.2, -0.15) is 0 Å². The van der Waals surface area contributed by atoms with Gasteiger partial charge in [0.05, 0.1) is 0 Å². The van der Waals surface area contributed by atoms with Crippen LogP contribution in [0.3, 0.4) is 0 Å². The minimum absolute atomic E-state index is 0.703. The van der Waals surface area contributed by atoms with Crippen LogP contribution in [0.1, 0.15) is 39.0 Å². The van der Waals surface area contributed by atoms with E-state index in [4.69, 9.17) is 4.74 Å². The van der Waals surface area contributed by atoms with Crippen LogP contribution in [0, 0.1) is 5.92 Å². The molecule has 0 atom stereocenters. The molecule has 1 aromatic rings. The van der Waals surface area contributed by atoms with E-state index in [1.807, 2.05) is 24.3 Å². The summed E-state index contributed by atoms with van der Waals surface area (Å²) < 4.78 is 6.79. The molecule has 1 aromatic carbocycles. The Bertz CT molecular complexity index is 375. The first-order chi connectivity index (χ1) is 9.28. The van der Waals surface area contributed by atoms with Crippen molar-refractivity contribution in [2.45, 2.75) is 45.1 Å². The van der Waals surface area contributed by atoms with Gasteiger partial charge in [-0.3, -0.25) is 0 Å². The average molecular weight is 326 g/mol. The summed E-state index contributed by atoms with van der Waals surface area (Å²) in [6, 6.07) is 8.72. The summed E-state index contributed by atoms with van der Waals surface area (Å²) in [6.07, 6.45) is 6.78. The molecular formula is C16H24BrNO. The number of benzene rings is 1. The molecule has 0 unspecified atom stereocenters. The van der Waals surface area contributed by atoms with Gasteiger partial charge in [-0.05, 0) is 49.8 Å². The first-order valence-electron chi connectivity index (χ1n) is 7.39. The van der Waals surface area contributed by atoms with Crippen molar-refractivity contribution in [2.24, 2.45) is 5.92 Å². The predicted molar refractivity (Wildman–Crippen MR) is 83.7 cm³/mol. The summed E-state index contributed by atoms with van der Waals surface area (Å²) in [7, 11) is 0. The van der Waals surface area contributed by atoms with Gasteiger partial charge in [0, 0.05) is 17.1 Å². The van der Waals surface area contributed by atoms with Crippen LogP contribution >= 0.6 is 15.9 Å². The molecule has 1 saturated carbocycles. The molecular weight excluding hydrogens is 302 g/mol. The Kier molecular flexibility index (Phi) is 6.18. The fourth-order valence-electron chi connectivity index (χ4n) is 2.76. The number of rotatable bonds is 6. The van der Waals surface area contributed by atoms with Crippen molar-refractivity contribution in [2.75, 3.05) is 13.2 Å². The molecule has 0 aliphatic heterocycles. The maximum Gasteiger partial charge on any atom is 0.120 e. The molecule has 0 spiro atoms. The van der Waals surface area contributed by atoms with Crippen LogP contribution < -0.4 is 10.1 Å². The topological polar surface area (TPSA) is 21.3 Å². The molecule has 0 heterocycles. The van der Waals surface area contributed by atoms with Gasteiger partial charge in [0.15, 0.2) is 0 Å². The van der Waals surface area contributed by atoms with E-state index in [9.17, 15) is 0 Å². The van der Waals surface area contributed by atoms with Crippen molar-refractivity contribution in [3.05, 3.63) is 28.7 Å². The van der Waals surface area contributed by atoms with Crippen LogP contribution in [0.15, 0.2) is 28.7 Å². The maximum atomic E-state index is 5.73. The lowest BCUT2D eigenvalue weighted by atomic mass is 9.84. The molecule has 0 amide bonds. The van der Waals surface area contributed by atoms with E-state index < -0.39 is 0 Å². The highest BCUT2D eigenvalue weighted by molar-refractivity contribution is 9.10. The third kappa shape index (κ3) is 5.15. The average Bonchev–Trinajstić information content (AvgIpc) is 2.44. The minimum atomic E-state index is 0.703. The van der Waals surface area contributed by atoms with Crippen molar-refractivity contribution in [3.8, 4) is 5.75 Å². The second-order valence-corrected chi connectivity index (χ2v) is 6.30. The van der Waals surface area contributed by atoms with Crippen LogP contribution in [-0.4, -0.2) is 19.2 Å². The zero-order valence-corrected chi connectivity index (χ0v) is 13.3. The summed E-state index contributed by atoms with van der Waals surface area (Å²) >= 11 is 3.45. The van der Waals surface area contributed by atoms with E-state index in [1.165, 1.54) is 32.1 Å². The van der Waals surface area contributed by atoms with E-state index in [1.54, 1.807) is 0 Å². The summed E-state index contributed by atoms with van der Waals surface area (Å²) in [4.78, 5) is 0. The van der Waals surface area contributed by atoms with E-state index in [2.05, 4.69) is 28.2 Å². The Morgan fingerprint density at radius 1 is 1.26 bits per heavy atom. The van der Waals surface area contributed by atoms with Crippen molar-refractivity contribution >= 4 is 15.9 Å². The fourth-order valence-corrected chi connectivity index (χ4v) is 3.14. The summed E-state index contributed by atoms with van der Waals surface area (Å²) in [6.45, 7) is 3.99. The monoisotopic (exact) mass is 325 g/mol. The maximum absolute atomic E-state index is 5.73. The number of hydrogen-bond acceptors (Lipinski definition) is 2. The standard InChI is InChI=1S/C16H24BrNO/c1-2-13-6-8-15(9-7-13)18-10-11-19-16-5-3-4-14(17)12-16/h3-5,12-13,15,18H,2,6-11H2,1H3. The molecule has 1 aliphatic carbocycles. The third-order valence-corrected chi connectivity index (χ3v) is 4.52. The Labute approximate surface area is 125 Å². The van der Waals surface area contributed by atoms with Crippen LogP contribution in [0.4, 0.5) is 0 Å². The van der Waals surface area contributed by atoms with Crippen molar-refractivity contribution < 1.29 is 4.74 Å². The number of ether oxygens (including phenoxy) is 1. The number of nitrogens with one attached hydrogen (secondary N) is 1. The lowest BCUT2D eigenvalue weighted by Crippen LogP contribution is -2.35. The van der Waals surface area contributed by atoms with E-state index in [-0.39, 0.29) is 0 Å². The van der Waals surface area contributed by atoms with Gasteiger partial charge in [-0.15, -0.1) is 0 Å². The van der Waals surface area contributed by atoms with Crippen molar-refractivity contribution in [1.29, 1.82) is 0 Å². The highest BCUT2D eigenvalue weighted by Gasteiger charge is 2.18. The Morgan fingerprint density at radius 3 is 2.74 bits per heavy atom. The van der Waals surface area contributed by atoms with Gasteiger partial charge in [0.2, 0.25) is 0 Å². The zero-order chi connectivity index (χ0) is 13.5. The molecule has 2 rings (SSSR count). The molecule has 1 aliphatic rings. The highest BCUT2D eigenvalue weighted by atomic mass is 79.9. The Balaban J connectivity index is 1.60. The molecule has 19 heavy (non-hydrogen) atoms. The molecule has 1 fully saturated rings. The largest absolute Gasteiger partial charge is 0.492 e. The molecule has 106 valence electrons. The van der Waals surface area contributed by atoms with Crippen LogP contribution in [-0.2, 0) is 0 Å². The van der Waals surface area contributed by atoms with Gasteiger partial charge >= 0.3 is 0 Å². The van der Waals surface area contributed by atoms with Crippen molar-refractivity contribution in [3.63, 3.8) is 0 Å². The molecule has 1 N–H and O–H groups in total. The van der Waals surface area contributed by atoms with Crippen LogP contribution in [0.2, 0.25) is 0 Å². The summed E-state index contributed by atoms with van der Waals surface area (Å²) in [5.74, 6) is 1.90. The van der Waals surface area contributed by atoms with Gasteiger partial charge in [0.1, 0.15) is 12.4 Å². The van der Waals surface area contributed by atoms with E-state index in [0.717, 1.165) is 29.3 Å². The van der Waals surface area contributed by atoms with Crippen molar-refractivity contribution in [1.82, 2.24) is 5.32 Å². The number of hydrogen-bond donors (Lipinski definition) is 1. The molecule has 0 bridgehead atoms. The van der Waals surface area contributed by atoms with Gasteiger partial charge in [-0.25, -0.2) is 0 Å². The Morgan fingerprint density at radius 2 is 2.05 bits per heavy atom. The second-order valence-electron chi connectivity index (χ2n) is 5.39. The molecule has 0 aromatic heterocycles. The summed E-state index contributed by atoms with van der Waals surface area (Å²) in [5, 5.41) is 3.61. The van der Waals surface area contributed by atoms with Crippen LogP contribution in [0.25, 0.3) is 0 Å². The lowest BCUT2D eigenvalue weighted by molar-refractivity contribution is 0.260. The predicted octanol–water partition coefficient (Wildman–Crippen LogP) is 4.39. The Hall–Kier alpha value is -0.540.